The topological polar surface area (TPSA) is 0 Å². The zero-order valence-electron chi connectivity index (χ0n) is 2.24. The SMILES string of the molecule is C=PBI. The third kappa shape index (κ3) is 2.96. The number of hydrogen-bond donors (Lipinski definition) is 0. The first-order valence-electron chi connectivity index (χ1n) is 0.900. The van der Waals surface area contributed by atoms with Gasteiger partial charge in [-0.3, -0.25) is 0 Å². The molecule has 0 bridgehead atoms. The van der Waals surface area contributed by atoms with Crippen molar-refractivity contribution in [1.82, 2.24) is 0 Å². The molecule has 0 amide bonds. The van der Waals surface area contributed by atoms with E-state index in [1.807, 2.05) is 0 Å². The lowest BCUT2D eigenvalue weighted by molar-refractivity contribution is 4.63. The fourth-order valence-electron chi connectivity index (χ4n) is 0. The zero-order chi connectivity index (χ0) is 3.41. The quantitative estimate of drug-likeness (QED) is 0.324. The average Bonchev–Trinajstić information content (AvgIpc) is 1.37. The van der Waals surface area contributed by atoms with Gasteiger partial charge in [-0.1, -0.05) is 6.30 Å². The van der Waals surface area contributed by atoms with Gasteiger partial charge < -0.3 is 0 Å². The Hall–Kier alpha value is 0.965. The molecular formula is CH3BIP. The highest BCUT2D eigenvalue weighted by molar-refractivity contribution is 14.1. The molecule has 0 unspecified atom stereocenters. The van der Waals surface area contributed by atoms with E-state index in [4.69, 9.17) is 0 Å². The Morgan fingerprint density at radius 3 is 2.25 bits per heavy atom. The van der Waals surface area contributed by atoms with Crippen molar-refractivity contribution in [2.24, 2.45) is 0 Å². The van der Waals surface area contributed by atoms with E-state index in [2.05, 4.69) is 28.7 Å². The minimum absolute atomic E-state index is 1.15. The average molecular weight is 184 g/mol. The van der Waals surface area contributed by atoms with Crippen LogP contribution in [-0.2, 0) is 0 Å². The van der Waals surface area contributed by atoms with Crippen LogP contribution in [0.15, 0.2) is 0 Å². The Morgan fingerprint density at radius 2 is 2.25 bits per heavy atom. The molecule has 0 fully saturated rings. The Labute approximate surface area is 41.9 Å². The first-order chi connectivity index (χ1) is 1.91. The van der Waals surface area contributed by atoms with Gasteiger partial charge in [0.15, 0.2) is 0 Å². The molecule has 0 atom stereocenters. The fraction of sp³-hybridized carbons (Fsp3) is 0. The zero-order valence-corrected chi connectivity index (χ0v) is 5.29. The summed E-state index contributed by atoms with van der Waals surface area (Å²) in [4.78, 5) is 1.15. The van der Waals surface area contributed by atoms with Crippen LogP contribution >= 0.6 is 30.5 Å². The van der Waals surface area contributed by atoms with Gasteiger partial charge in [0.05, 0.1) is 0 Å². The lowest BCUT2D eigenvalue weighted by atomic mass is 10.8. The highest BCUT2D eigenvalue weighted by atomic mass is 127. The van der Waals surface area contributed by atoms with Crippen LogP contribution in [0.5, 0.6) is 0 Å². The van der Waals surface area contributed by atoms with Gasteiger partial charge in [-0.05, 0) is 0 Å². The third-order valence-corrected chi connectivity index (χ3v) is 1.70. The molecule has 0 saturated heterocycles. The minimum Gasteiger partial charge on any atom is -0.150 e. The van der Waals surface area contributed by atoms with Crippen LogP contribution in [0, 0.1) is 0 Å². The molecule has 0 aromatic carbocycles. The maximum Gasteiger partial charge on any atom is 0.257 e. The van der Waals surface area contributed by atoms with Crippen molar-refractivity contribution in [2.45, 2.75) is 0 Å². The lowest BCUT2D eigenvalue weighted by Crippen LogP contribution is -1.38. The highest BCUT2D eigenvalue weighted by Crippen LogP contribution is 1.89. The molecule has 0 rings (SSSR count). The molecule has 4 heavy (non-hydrogen) atoms. The van der Waals surface area contributed by atoms with Gasteiger partial charge in [-0.15, -0.1) is 22.4 Å². The Kier molecular flexibility index (Phi) is 4.92. The van der Waals surface area contributed by atoms with Gasteiger partial charge in [-0.2, -0.15) is 8.08 Å². The Bertz CT molecular complexity index is 22.0. The van der Waals surface area contributed by atoms with Crippen molar-refractivity contribution in [3.63, 3.8) is 0 Å². The van der Waals surface area contributed by atoms with Crippen LogP contribution in [-0.4, -0.2) is 11.2 Å². The second-order valence-electron chi connectivity index (χ2n) is 0.343. The van der Waals surface area contributed by atoms with Crippen LogP contribution < -0.4 is 0 Å². The second kappa shape index (κ2) is 3.96. The van der Waals surface area contributed by atoms with E-state index in [0.717, 1.165) is 4.86 Å². The lowest BCUT2D eigenvalue weighted by Gasteiger charge is -1.49. The van der Waals surface area contributed by atoms with Gasteiger partial charge in [-0.25, -0.2) is 0 Å². The smallest absolute Gasteiger partial charge is 0.150 e. The molecule has 0 aliphatic heterocycles. The van der Waals surface area contributed by atoms with E-state index in [9.17, 15) is 0 Å². The molecule has 0 radical (unpaired) electrons. The molecule has 0 spiro atoms. The van der Waals surface area contributed by atoms with Crippen molar-refractivity contribution in [3.05, 3.63) is 0 Å². The van der Waals surface area contributed by atoms with Gasteiger partial charge >= 0.3 is 0 Å². The Balaban J connectivity index is 2.30. The molecule has 0 heterocycles. The van der Waals surface area contributed by atoms with Crippen LogP contribution in [0.4, 0.5) is 0 Å². The number of rotatable bonds is 1. The van der Waals surface area contributed by atoms with Gasteiger partial charge in [0.25, 0.3) is 4.86 Å². The predicted octanol–water partition coefficient (Wildman–Crippen LogP) is 1.07. The molecule has 0 aromatic rings. The van der Waals surface area contributed by atoms with Crippen molar-refractivity contribution < 1.29 is 0 Å². The summed E-state index contributed by atoms with van der Waals surface area (Å²) >= 11 is 2.28. The van der Waals surface area contributed by atoms with Crippen LogP contribution in [0.25, 0.3) is 0 Å². The van der Waals surface area contributed by atoms with E-state index in [1.54, 1.807) is 0 Å². The molecule has 0 N–H and O–H groups in total. The molecule has 0 aliphatic carbocycles. The second-order valence-corrected chi connectivity index (χ2v) is 3.08. The largest absolute Gasteiger partial charge is 0.257 e. The van der Waals surface area contributed by atoms with E-state index in [0.29, 0.717) is 0 Å². The summed E-state index contributed by atoms with van der Waals surface area (Å²) in [6.07, 6.45) is 3.57. The molecule has 0 aromatic heterocycles. The molecular weight excluding hydrogens is 181 g/mol. The molecule has 0 aliphatic rings. The predicted molar refractivity (Wildman–Crippen MR) is 35.2 cm³/mol. The summed E-state index contributed by atoms with van der Waals surface area (Å²) in [5.74, 6) is 0. The summed E-state index contributed by atoms with van der Waals surface area (Å²) in [7, 11) is 1.24. The molecule has 3 heteroatoms. The van der Waals surface area contributed by atoms with Crippen LogP contribution in [0.2, 0.25) is 0 Å². The first-order valence-corrected chi connectivity index (χ1v) is 3.69. The summed E-state index contributed by atoms with van der Waals surface area (Å²) < 4.78 is 0. The highest BCUT2D eigenvalue weighted by Gasteiger charge is 1.56. The third-order valence-electron chi connectivity index (χ3n) is 0.0845. The summed E-state index contributed by atoms with van der Waals surface area (Å²) in [6.45, 7) is 0. The maximum atomic E-state index is 3.57. The molecule has 0 saturated carbocycles. The molecule has 0 nitrogen and oxygen atoms in total. The fourth-order valence-corrected chi connectivity index (χ4v) is 0. The van der Waals surface area contributed by atoms with Crippen molar-refractivity contribution >= 4 is 41.6 Å². The van der Waals surface area contributed by atoms with Crippen LogP contribution in [0.1, 0.15) is 0 Å². The minimum atomic E-state index is 1.15. The summed E-state index contributed by atoms with van der Waals surface area (Å²) in [5.41, 5.74) is 0. The molecule has 22 valence electrons. The van der Waals surface area contributed by atoms with Gasteiger partial charge in [0, 0.05) is 0 Å². The maximum absolute atomic E-state index is 3.57. The monoisotopic (exact) mass is 184 g/mol. The normalized spacial score (nSPS) is 7.25. The van der Waals surface area contributed by atoms with Crippen LogP contribution in [0.3, 0.4) is 0 Å². The van der Waals surface area contributed by atoms with E-state index < -0.39 is 0 Å². The number of halogens is 1. The van der Waals surface area contributed by atoms with Crippen molar-refractivity contribution in [3.8, 4) is 0 Å². The van der Waals surface area contributed by atoms with Crippen molar-refractivity contribution in [2.75, 3.05) is 0 Å². The van der Waals surface area contributed by atoms with E-state index >= 15 is 0 Å². The Morgan fingerprint density at radius 1 is 2.00 bits per heavy atom. The van der Waals surface area contributed by atoms with Gasteiger partial charge in [0.2, 0.25) is 0 Å². The summed E-state index contributed by atoms with van der Waals surface area (Å²) in [6, 6.07) is 0. The van der Waals surface area contributed by atoms with Gasteiger partial charge in [0.1, 0.15) is 0 Å². The van der Waals surface area contributed by atoms with E-state index in [1.165, 1.54) is 8.08 Å². The van der Waals surface area contributed by atoms with E-state index in [-0.39, 0.29) is 0 Å². The number of hydrogen-bond acceptors (Lipinski definition) is 0. The summed E-state index contributed by atoms with van der Waals surface area (Å²) in [5, 5.41) is 0. The standard InChI is InChI=1S/CH3BIP/c1-4-2-3/h2H,1H2. The first kappa shape index (κ1) is 4.96. The van der Waals surface area contributed by atoms with Crippen molar-refractivity contribution in [1.29, 1.82) is 0 Å².